The van der Waals surface area contributed by atoms with Gasteiger partial charge in [0.1, 0.15) is 5.82 Å². The largest absolute Gasteiger partial charge is 0.326 e. The quantitative estimate of drug-likeness (QED) is 0.831. The number of hydrogen-bond acceptors (Lipinski definition) is 3. The topological polar surface area (TPSA) is 46.9 Å². The van der Waals surface area contributed by atoms with Gasteiger partial charge in [-0.1, -0.05) is 24.8 Å². The van der Waals surface area contributed by atoms with Crippen LogP contribution in [0.3, 0.4) is 0 Å². The molecule has 0 unspecified atom stereocenters. The number of anilines is 1. The van der Waals surface area contributed by atoms with Crippen LogP contribution in [0.5, 0.6) is 0 Å². The lowest BCUT2D eigenvalue weighted by atomic mass is 10.2. The summed E-state index contributed by atoms with van der Waals surface area (Å²) in [6.45, 7) is 4.80. The maximum atomic E-state index is 13.2. The molecule has 2 aromatic rings. The summed E-state index contributed by atoms with van der Waals surface area (Å²) in [5, 5.41) is 3.55. The second-order valence-corrected chi connectivity index (χ2v) is 5.64. The molecular weight excluding hydrogens is 289 g/mol. The highest BCUT2D eigenvalue weighted by Crippen LogP contribution is 2.19. The van der Waals surface area contributed by atoms with Gasteiger partial charge in [0, 0.05) is 24.6 Å². The fourth-order valence-electron chi connectivity index (χ4n) is 1.89. The maximum Gasteiger partial charge on any atom is 0.234 e. The minimum Gasteiger partial charge on any atom is -0.326 e. The number of amides is 1. The van der Waals surface area contributed by atoms with Gasteiger partial charge < -0.3 is 9.88 Å². The van der Waals surface area contributed by atoms with Crippen LogP contribution in [-0.2, 0) is 11.3 Å². The number of halogens is 1. The number of nitrogens with zero attached hydrogens (tertiary/aromatic N) is 2. The van der Waals surface area contributed by atoms with E-state index in [4.69, 9.17) is 0 Å². The number of hydrogen-bond donors (Lipinski definition) is 1. The third-order valence-electron chi connectivity index (χ3n) is 2.95. The van der Waals surface area contributed by atoms with Crippen LogP contribution in [0.15, 0.2) is 35.7 Å². The third-order valence-corrected chi connectivity index (χ3v) is 3.95. The molecule has 1 aromatic carbocycles. The van der Waals surface area contributed by atoms with E-state index in [-0.39, 0.29) is 17.5 Å². The number of aryl methyl sites for hydroxylation is 2. The van der Waals surface area contributed by atoms with Crippen LogP contribution >= 0.6 is 11.8 Å². The Bertz CT molecular complexity index is 627. The minimum absolute atomic E-state index is 0.167. The first-order valence-corrected chi connectivity index (χ1v) is 7.78. The standard InChI is InChI=1S/C15H18FN3OS/c1-3-7-19-8-6-17-15(19)21-10-14(20)18-13-9-12(16)5-4-11(13)2/h4-6,8-9H,3,7,10H2,1-2H3,(H,18,20). The van der Waals surface area contributed by atoms with E-state index >= 15 is 0 Å². The summed E-state index contributed by atoms with van der Waals surface area (Å²) in [6, 6.07) is 4.35. The highest BCUT2D eigenvalue weighted by Gasteiger charge is 2.09. The molecule has 2 rings (SSSR count). The lowest BCUT2D eigenvalue weighted by Crippen LogP contribution is -2.15. The van der Waals surface area contributed by atoms with Crippen molar-refractivity contribution in [2.45, 2.75) is 32.0 Å². The minimum atomic E-state index is -0.359. The Labute approximate surface area is 127 Å². The van der Waals surface area contributed by atoms with Crippen molar-refractivity contribution in [3.63, 3.8) is 0 Å². The van der Waals surface area contributed by atoms with E-state index in [0.717, 1.165) is 23.7 Å². The van der Waals surface area contributed by atoms with Gasteiger partial charge in [-0.05, 0) is 31.0 Å². The number of carbonyl (C=O) groups excluding carboxylic acids is 1. The SMILES string of the molecule is CCCn1ccnc1SCC(=O)Nc1cc(F)ccc1C. The molecule has 0 radical (unpaired) electrons. The van der Waals surface area contributed by atoms with Gasteiger partial charge in [0.05, 0.1) is 5.75 Å². The predicted octanol–water partition coefficient (Wildman–Crippen LogP) is 3.47. The van der Waals surface area contributed by atoms with Crippen LogP contribution in [0.1, 0.15) is 18.9 Å². The van der Waals surface area contributed by atoms with E-state index in [1.807, 2.05) is 17.7 Å². The molecule has 1 aromatic heterocycles. The van der Waals surface area contributed by atoms with Crippen LogP contribution in [0.25, 0.3) is 0 Å². The molecule has 0 spiro atoms. The summed E-state index contributed by atoms with van der Waals surface area (Å²) in [4.78, 5) is 16.2. The maximum absolute atomic E-state index is 13.2. The number of benzene rings is 1. The van der Waals surface area contributed by atoms with Gasteiger partial charge in [-0.2, -0.15) is 0 Å². The second-order valence-electron chi connectivity index (χ2n) is 4.70. The van der Waals surface area contributed by atoms with Gasteiger partial charge in [-0.3, -0.25) is 4.79 Å². The van der Waals surface area contributed by atoms with Crippen molar-refractivity contribution < 1.29 is 9.18 Å². The van der Waals surface area contributed by atoms with Gasteiger partial charge >= 0.3 is 0 Å². The summed E-state index contributed by atoms with van der Waals surface area (Å²) < 4.78 is 15.2. The summed E-state index contributed by atoms with van der Waals surface area (Å²) in [7, 11) is 0. The Morgan fingerprint density at radius 1 is 1.48 bits per heavy atom. The van der Waals surface area contributed by atoms with Crippen LogP contribution < -0.4 is 5.32 Å². The Hall–Kier alpha value is -1.82. The molecule has 0 aliphatic rings. The lowest BCUT2D eigenvalue weighted by Gasteiger charge is -2.09. The molecule has 1 amide bonds. The Morgan fingerprint density at radius 3 is 3.05 bits per heavy atom. The van der Waals surface area contributed by atoms with Crippen LogP contribution in [0, 0.1) is 12.7 Å². The second kappa shape index (κ2) is 7.26. The van der Waals surface area contributed by atoms with Crippen molar-refractivity contribution in [1.82, 2.24) is 9.55 Å². The molecule has 21 heavy (non-hydrogen) atoms. The predicted molar refractivity (Wildman–Crippen MR) is 83.0 cm³/mol. The average Bonchev–Trinajstić information content (AvgIpc) is 2.88. The van der Waals surface area contributed by atoms with E-state index in [2.05, 4.69) is 17.2 Å². The lowest BCUT2D eigenvalue weighted by molar-refractivity contribution is -0.113. The third kappa shape index (κ3) is 4.32. The fourth-order valence-corrected chi connectivity index (χ4v) is 2.68. The zero-order valence-electron chi connectivity index (χ0n) is 12.1. The van der Waals surface area contributed by atoms with E-state index in [1.165, 1.54) is 23.9 Å². The molecule has 0 atom stereocenters. The first kappa shape index (κ1) is 15.6. The normalized spacial score (nSPS) is 10.6. The summed E-state index contributed by atoms with van der Waals surface area (Å²) in [5.74, 6) is -0.279. The van der Waals surface area contributed by atoms with Gasteiger partial charge in [0.15, 0.2) is 5.16 Å². The molecule has 6 heteroatoms. The Balaban J connectivity index is 1.93. The van der Waals surface area contributed by atoms with Crippen LogP contribution in [-0.4, -0.2) is 21.2 Å². The first-order valence-electron chi connectivity index (χ1n) is 6.80. The van der Waals surface area contributed by atoms with Crippen molar-refractivity contribution in [2.75, 3.05) is 11.1 Å². The molecule has 0 aliphatic heterocycles. The molecule has 4 nitrogen and oxygen atoms in total. The number of nitrogens with one attached hydrogen (secondary N) is 1. The molecule has 0 aliphatic carbocycles. The molecule has 112 valence electrons. The van der Waals surface area contributed by atoms with Gasteiger partial charge in [0.25, 0.3) is 0 Å². The van der Waals surface area contributed by atoms with Gasteiger partial charge in [-0.25, -0.2) is 9.37 Å². The zero-order valence-corrected chi connectivity index (χ0v) is 12.9. The summed E-state index contributed by atoms with van der Waals surface area (Å²) >= 11 is 1.38. The fraction of sp³-hybridized carbons (Fsp3) is 0.333. The van der Waals surface area contributed by atoms with Crippen molar-refractivity contribution in [3.8, 4) is 0 Å². The molecule has 0 saturated carbocycles. The van der Waals surface area contributed by atoms with E-state index in [0.29, 0.717) is 5.69 Å². The smallest absolute Gasteiger partial charge is 0.234 e. The molecule has 0 bridgehead atoms. The zero-order chi connectivity index (χ0) is 15.2. The van der Waals surface area contributed by atoms with Crippen molar-refractivity contribution in [3.05, 3.63) is 42.0 Å². The van der Waals surface area contributed by atoms with Gasteiger partial charge in [-0.15, -0.1) is 0 Å². The number of rotatable bonds is 6. The molecule has 1 heterocycles. The number of aromatic nitrogens is 2. The van der Waals surface area contributed by atoms with Gasteiger partial charge in [0.2, 0.25) is 5.91 Å². The number of thioether (sulfide) groups is 1. The van der Waals surface area contributed by atoms with Crippen molar-refractivity contribution in [2.24, 2.45) is 0 Å². The molecule has 0 saturated heterocycles. The van der Waals surface area contributed by atoms with Crippen LogP contribution in [0.4, 0.5) is 10.1 Å². The van der Waals surface area contributed by atoms with Crippen molar-refractivity contribution in [1.29, 1.82) is 0 Å². The van der Waals surface area contributed by atoms with E-state index in [9.17, 15) is 9.18 Å². The highest BCUT2D eigenvalue weighted by molar-refractivity contribution is 7.99. The Morgan fingerprint density at radius 2 is 2.29 bits per heavy atom. The Kier molecular flexibility index (Phi) is 5.38. The first-order chi connectivity index (χ1) is 10.1. The molecule has 0 fully saturated rings. The van der Waals surface area contributed by atoms with Crippen molar-refractivity contribution >= 4 is 23.4 Å². The van der Waals surface area contributed by atoms with E-state index < -0.39 is 0 Å². The highest BCUT2D eigenvalue weighted by atomic mass is 32.2. The monoisotopic (exact) mass is 307 g/mol. The summed E-state index contributed by atoms with van der Waals surface area (Å²) in [5.41, 5.74) is 1.35. The van der Waals surface area contributed by atoms with Crippen LogP contribution in [0.2, 0.25) is 0 Å². The number of carbonyl (C=O) groups is 1. The average molecular weight is 307 g/mol. The summed E-state index contributed by atoms with van der Waals surface area (Å²) in [6.07, 6.45) is 4.64. The number of imidazole rings is 1. The molecule has 1 N–H and O–H groups in total. The molecular formula is C15H18FN3OS. The van der Waals surface area contributed by atoms with E-state index in [1.54, 1.807) is 12.3 Å².